The maximum Gasteiger partial charge on any atom is 0.222 e. The minimum absolute atomic E-state index is 0.416. The Balaban J connectivity index is 1.75. The number of carbonyl (C=O) groups is 1. The molecule has 80 valence electrons. The van der Waals surface area contributed by atoms with Crippen LogP contribution in [0.4, 0.5) is 0 Å². The molecule has 2 saturated heterocycles. The lowest BCUT2D eigenvalue weighted by molar-refractivity contribution is -0.131. The fourth-order valence-corrected chi connectivity index (χ4v) is 3.50. The minimum Gasteiger partial charge on any atom is -0.343 e. The van der Waals surface area contributed by atoms with Crippen LogP contribution in [0.25, 0.3) is 0 Å². The first kappa shape index (κ1) is 10.3. The molecule has 2 rings (SSSR count). The lowest BCUT2D eigenvalue weighted by Crippen LogP contribution is -2.30. The highest BCUT2D eigenvalue weighted by Crippen LogP contribution is 2.26. The second kappa shape index (κ2) is 5.06. The smallest absolute Gasteiger partial charge is 0.222 e. The molecular weight excluding hydrogens is 194 g/mol. The van der Waals surface area contributed by atoms with Crippen LogP contribution in [0, 0.1) is 5.92 Å². The van der Waals surface area contributed by atoms with Crippen LogP contribution in [0.5, 0.6) is 0 Å². The van der Waals surface area contributed by atoms with Gasteiger partial charge >= 0.3 is 0 Å². The largest absolute Gasteiger partial charge is 0.343 e. The van der Waals surface area contributed by atoms with Crippen LogP contribution in [-0.4, -0.2) is 35.4 Å². The maximum absolute atomic E-state index is 11.8. The number of nitrogens with zero attached hydrogens (tertiary/aromatic N) is 1. The van der Waals surface area contributed by atoms with E-state index in [2.05, 4.69) is 4.90 Å². The molecule has 2 nitrogen and oxygen atoms in total. The number of carbonyl (C=O) groups excluding carboxylic acids is 1. The molecule has 0 radical (unpaired) electrons. The van der Waals surface area contributed by atoms with Crippen LogP contribution in [0.2, 0.25) is 0 Å². The number of amides is 1. The van der Waals surface area contributed by atoms with Crippen LogP contribution in [0.1, 0.15) is 32.1 Å². The van der Waals surface area contributed by atoms with Gasteiger partial charge in [0.1, 0.15) is 0 Å². The van der Waals surface area contributed by atoms with Crippen molar-refractivity contribution in [2.75, 3.05) is 24.6 Å². The zero-order valence-electron chi connectivity index (χ0n) is 8.71. The van der Waals surface area contributed by atoms with E-state index in [-0.39, 0.29) is 0 Å². The number of likely N-dealkylation sites (tertiary alicyclic amines) is 1. The van der Waals surface area contributed by atoms with E-state index in [1.54, 1.807) is 0 Å². The van der Waals surface area contributed by atoms with E-state index in [0.29, 0.717) is 11.8 Å². The number of thioether (sulfide) groups is 1. The van der Waals surface area contributed by atoms with Gasteiger partial charge in [-0.25, -0.2) is 0 Å². The van der Waals surface area contributed by atoms with Gasteiger partial charge in [0, 0.05) is 19.5 Å². The van der Waals surface area contributed by atoms with Crippen molar-refractivity contribution < 1.29 is 4.79 Å². The SMILES string of the molecule is O=C(CC1CCSCC1)N1CCCC1. The lowest BCUT2D eigenvalue weighted by Gasteiger charge is -2.23. The first-order valence-electron chi connectivity index (χ1n) is 5.72. The van der Waals surface area contributed by atoms with Crippen LogP contribution in [0.15, 0.2) is 0 Å². The van der Waals surface area contributed by atoms with Gasteiger partial charge in [-0.15, -0.1) is 0 Å². The average Bonchev–Trinajstić information content (AvgIpc) is 2.72. The van der Waals surface area contributed by atoms with Gasteiger partial charge in [0.25, 0.3) is 0 Å². The zero-order valence-corrected chi connectivity index (χ0v) is 9.52. The predicted molar refractivity (Wildman–Crippen MR) is 60.5 cm³/mol. The van der Waals surface area contributed by atoms with Crippen molar-refractivity contribution in [3.05, 3.63) is 0 Å². The second-order valence-electron chi connectivity index (χ2n) is 4.35. The predicted octanol–water partition coefficient (Wildman–Crippen LogP) is 2.14. The summed E-state index contributed by atoms with van der Waals surface area (Å²) >= 11 is 2.03. The molecule has 0 unspecified atom stereocenters. The fourth-order valence-electron chi connectivity index (χ4n) is 2.29. The van der Waals surface area contributed by atoms with Crippen molar-refractivity contribution in [3.8, 4) is 0 Å². The van der Waals surface area contributed by atoms with Crippen LogP contribution >= 0.6 is 11.8 Å². The number of rotatable bonds is 2. The van der Waals surface area contributed by atoms with E-state index < -0.39 is 0 Å². The molecule has 2 aliphatic rings. The molecule has 2 fully saturated rings. The molecule has 0 bridgehead atoms. The van der Waals surface area contributed by atoms with Crippen molar-refractivity contribution in [2.45, 2.75) is 32.1 Å². The summed E-state index contributed by atoms with van der Waals surface area (Å²) in [5.41, 5.74) is 0. The van der Waals surface area contributed by atoms with E-state index in [9.17, 15) is 4.79 Å². The Labute approximate surface area is 90.4 Å². The topological polar surface area (TPSA) is 20.3 Å². The summed E-state index contributed by atoms with van der Waals surface area (Å²) in [6.07, 6.45) is 5.76. The summed E-state index contributed by atoms with van der Waals surface area (Å²) in [7, 11) is 0. The molecule has 2 heterocycles. The van der Waals surface area contributed by atoms with Gasteiger partial charge in [0.05, 0.1) is 0 Å². The highest BCUT2D eigenvalue weighted by atomic mass is 32.2. The van der Waals surface area contributed by atoms with Crippen LogP contribution in [-0.2, 0) is 4.79 Å². The average molecular weight is 213 g/mol. The van der Waals surface area contributed by atoms with E-state index >= 15 is 0 Å². The van der Waals surface area contributed by atoms with Crippen molar-refractivity contribution in [3.63, 3.8) is 0 Å². The Hall–Kier alpha value is -0.180. The summed E-state index contributed by atoms with van der Waals surface area (Å²) < 4.78 is 0. The Kier molecular flexibility index (Phi) is 3.74. The summed E-state index contributed by atoms with van der Waals surface area (Å²) in [6, 6.07) is 0. The molecule has 0 aromatic carbocycles. The third kappa shape index (κ3) is 2.66. The molecule has 3 heteroatoms. The summed E-state index contributed by atoms with van der Waals surface area (Å²) in [5, 5.41) is 0. The molecule has 0 atom stereocenters. The molecule has 0 N–H and O–H groups in total. The summed E-state index contributed by atoms with van der Waals surface area (Å²) in [6.45, 7) is 2.03. The third-order valence-electron chi connectivity index (χ3n) is 3.26. The third-order valence-corrected chi connectivity index (χ3v) is 4.31. The lowest BCUT2D eigenvalue weighted by atomic mass is 9.98. The molecule has 14 heavy (non-hydrogen) atoms. The van der Waals surface area contributed by atoms with Crippen molar-refractivity contribution in [1.29, 1.82) is 0 Å². The number of hydrogen-bond acceptors (Lipinski definition) is 2. The van der Waals surface area contributed by atoms with Crippen LogP contribution < -0.4 is 0 Å². The normalized spacial score (nSPS) is 24.1. The van der Waals surface area contributed by atoms with Gasteiger partial charge < -0.3 is 4.90 Å². The molecule has 0 aliphatic carbocycles. The van der Waals surface area contributed by atoms with Gasteiger partial charge in [-0.2, -0.15) is 11.8 Å². The fraction of sp³-hybridized carbons (Fsp3) is 0.909. The summed E-state index contributed by atoms with van der Waals surface area (Å²) in [5.74, 6) is 3.62. The second-order valence-corrected chi connectivity index (χ2v) is 5.57. The Bertz CT molecular complexity index is 195. The van der Waals surface area contributed by atoms with Crippen LogP contribution in [0.3, 0.4) is 0 Å². The Morgan fingerprint density at radius 1 is 1.21 bits per heavy atom. The van der Waals surface area contributed by atoms with E-state index in [1.165, 1.54) is 37.2 Å². The van der Waals surface area contributed by atoms with Gasteiger partial charge in [-0.1, -0.05) is 0 Å². The molecule has 0 aromatic heterocycles. The van der Waals surface area contributed by atoms with Gasteiger partial charge in [0.2, 0.25) is 5.91 Å². The van der Waals surface area contributed by atoms with Crippen molar-refractivity contribution in [2.24, 2.45) is 5.92 Å². The van der Waals surface area contributed by atoms with Gasteiger partial charge in [-0.05, 0) is 43.1 Å². The molecule has 2 aliphatic heterocycles. The highest BCUT2D eigenvalue weighted by molar-refractivity contribution is 7.99. The van der Waals surface area contributed by atoms with E-state index in [4.69, 9.17) is 0 Å². The maximum atomic E-state index is 11.8. The summed E-state index contributed by atoms with van der Waals surface area (Å²) in [4.78, 5) is 13.9. The number of hydrogen-bond donors (Lipinski definition) is 0. The zero-order chi connectivity index (χ0) is 9.80. The molecule has 1 amide bonds. The minimum atomic E-state index is 0.416. The molecule has 0 aromatic rings. The van der Waals surface area contributed by atoms with Gasteiger partial charge in [-0.3, -0.25) is 4.79 Å². The quantitative estimate of drug-likeness (QED) is 0.700. The van der Waals surface area contributed by atoms with E-state index in [1.807, 2.05) is 11.8 Å². The van der Waals surface area contributed by atoms with E-state index in [0.717, 1.165) is 19.5 Å². The Morgan fingerprint density at radius 2 is 1.86 bits per heavy atom. The first-order chi connectivity index (χ1) is 6.86. The first-order valence-corrected chi connectivity index (χ1v) is 6.87. The standard InChI is InChI=1S/C11H19NOS/c13-11(12-5-1-2-6-12)9-10-3-7-14-8-4-10/h10H,1-9H2. The van der Waals surface area contributed by atoms with Crippen molar-refractivity contribution >= 4 is 17.7 Å². The monoisotopic (exact) mass is 213 g/mol. The van der Waals surface area contributed by atoms with Crippen molar-refractivity contribution in [1.82, 2.24) is 4.90 Å². The van der Waals surface area contributed by atoms with Gasteiger partial charge in [0.15, 0.2) is 0 Å². The molecule has 0 saturated carbocycles. The Morgan fingerprint density at radius 3 is 2.50 bits per heavy atom. The molecule has 0 spiro atoms. The molecular formula is C11H19NOS. The highest BCUT2D eigenvalue weighted by Gasteiger charge is 2.22.